The number of carbonyl (C=O) groups is 1. The van der Waals surface area contributed by atoms with Crippen molar-refractivity contribution in [2.45, 2.75) is 222 Å². The lowest BCUT2D eigenvalue weighted by molar-refractivity contribution is -0.255. The minimum absolute atomic E-state index is 0.400. The van der Waals surface area contributed by atoms with Crippen molar-refractivity contribution in [3.05, 3.63) is 17.7 Å². The highest BCUT2D eigenvalue weighted by Crippen LogP contribution is 2.35. The van der Waals surface area contributed by atoms with E-state index in [9.17, 15) is 62.6 Å². The van der Waals surface area contributed by atoms with Gasteiger partial charge in [-0.05, 0) is 12.1 Å². The summed E-state index contributed by atoms with van der Waals surface area (Å²) < 4.78 is 252. The lowest BCUT2D eigenvalue weighted by Crippen LogP contribution is -2.21. The molecule has 0 bridgehead atoms. The van der Waals surface area contributed by atoms with Crippen LogP contribution in [-0.4, -0.2) is 194 Å². The second kappa shape index (κ2) is 62.0. The summed E-state index contributed by atoms with van der Waals surface area (Å²) in [5.41, 5.74) is -23.0. The minimum atomic E-state index is -6.09. The second-order valence-corrected chi connectivity index (χ2v) is 24.9. The number of carbonyl (C=O) groups excluding carboxylic acids is 1. The van der Waals surface area contributed by atoms with Crippen LogP contribution in [-0.2, 0) is 62.3 Å². The molecule has 1 aromatic carbocycles. The molecule has 574 valence electrons. The van der Waals surface area contributed by atoms with Crippen LogP contribution in [0.1, 0.15) is 211 Å². The van der Waals surface area contributed by atoms with Crippen LogP contribution in [0.3, 0.4) is 0 Å². The van der Waals surface area contributed by atoms with Gasteiger partial charge >= 0.3 is 22.0 Å². The highest BCUT2D eigenvalue weighted by atomic mass is 32.2. The predicted octanol–water partition coefficient (Wildman–Crippen LogP) is 13.2. The molecule has 0 saturated carbocycles. The van der Waals surface area contributed by atoms with Crippen LogP contribution in [0.25, 0.3) is 0 Å². The molecule has 94 heavy (non-hydrogen) atoms. The lowest BCUT2D eigenvalue weighted by atomic mass is 10.2. The van der Waals surface area contributed by atoms with Gasteiger partial charge in [-0.15, -0.1) is 0 Å². The van der Waals surface area contributed by atoms with Gasteiger partial charge in [0.2, 0.25) is 0 Å². The monoisotopic (exact) mass is 1490 g/mol. The summed E-state index contributed by atoms with van der Waals surface area (Å²) in [6.45, 7) is 51.4. The van der Waals surface area contributed by atoms with Gasteiger partial charge < -0.3 is 65.3 Å². The van der Waals surface area contributed by atoms with Crippen LogP contribution < -0.4 is 5.11 Å². The third kappa shape index (κ3) is 71.5. The van der Waals surface area contributed by atoms with Crippen molar-refractivity contribution in [1.29, 1.82) is 0 Å². The third-order valence-corrected chi connectivity index (χ3v) is 12.1. The van der Waals surface area contributed by atoms with Crippen LogP contribution >= 0.6 is 0 Å². The Balaban J connectivity index is -0.000000122. The number of alkyl halides is 12. The first-order valence-corrected chi connectivity index (χ1v) is 36.1. The van der Waals surface area contributed by atoms with E-state index in [0.717, 1.165) is 12.1 Å². The molecular formula is C56H110F12O22S4. The number of benzene rings is 1. The molecular weight excluding hydrogens is 1380 g/mol. The Hall–Kier alpha value is -3.31. The minimum Gasteiger partial charge on any atom is -0.741 e. The highest BCUT2D eigenvalue weighted by molar-refractivity contribution is 7.87. The van der Waals surface area contributed by atoms with Crippen molar-refractivity contribution in [3.8, 4) is 17.2 Å². The van der Waals surface area contributed by atoms with E-state index in [0.29, 0.717) is 0 Å². The van der Waals surface area contributed by atoms with E-state index in [1.165, 1.54) is 195 Å². The fraction of sp³-hybridized carbons (Fsp3) is 0.875. The molecule has 0 spiro atoms. The summed E-state index contributed by atoms with van der Waals surface area (Å²) in [5.74, 6) is -3.69. The predicted molar refractivity (Wildman–Crippen MR) is 332 cm³/mol. The molecule has 0 aromatic heterocycles. The fourth-order valence-corrected chi connectivity index (χ4v) is 6.58. The summed E-state index contributed by atoms with van der Waals surface area (Å²) in [7, 11) is -24.4. The Morgan fingerprint density at radius 3 is 0.468 bits per heavy atom. The number of rotatable bonds is 31. The van der Waals surface area contributed by atoms with E-state index in [-0.39, 0.29) is 0 Å². The first-order chi connectivity index (χ1) is 42.8. The molecule has 1 aromatic rings. The topological polar surface area (TPSA) is 343 Å². The molecule has 3 N–H and O–H groups in total. The average molecular weight is 1490 g/mol. The van der Waals surface area contributed by atoms with Crippen molar-refractivity contribution in [2.24, 2.45) is 0 Å². The number of hydrogen-bond donors (Lipinski definition) is 3. The fourth-order valence-electron chi connectivity index (χ4n) is 6.58. The smallest absolute Gasteiger partial charge is 0.485 e. The molecule has 0 saturated heterocycles. The van der Waals surface area contributed by atoms with E-state index in [2.05, 4.69) is 126 Å². The van der Waals surface area contributed by atoms with Crippen LogP contribution in [0.4, 0.5) is 52.7 Å². The lowest BCUT2D eigenvalue weighted by Gasteiger charge is -2.16. The van der Waals surface area contributed by atoms with E-state index < -0.39 is 91.3 Å². The maximum atomic E-state index is 10.7. The summed E-state index contributed by atoms with van der Waals surface area (Å²) in [6.07, 6.45) is 18.8. The largest absolute Gasteiger partial charge is 0.741 e. The molecule has 0 unspecified atom stereocenters. The number of halogens is 12. The zero-order valence-electron chi connectivity index (χ0n) is 57.1. The maximum Gasteiger partial charge on any atom is 0.485 e. The molecule has 0 aliphatic carbocycles. The number of hydrogen-bond acceptors (Lipinski definition) is 17. The van der Waals surface area contributed by atoms with Gasteiger partial charge in [0.05, 0.1) is 5.97 Å². The first-order valence-electron chi connectivity index (χ1n) is 30.5. The molecule has 0 aliphatic heterocycles. The molecule has 0 amide bonds. The number of phenols is 3. The Kier molecular flexibility index (Phi) is 72.1. The van der Waals surface area contributed by atoms with Gasteiger partial charge in [0, 0.05) is 102 Å². The molecule has 0 atom stereocenters. The molecule has 22 nitrogen and oxygen atoms in total. The van der Waals surface area contributed by atoms with Crippen LogP contribution in [0, 0.1) is 0 Å². The summed E-state index contributed by atoms with van der Waals surface area (Å²) in [4.78, 5) is 10.2. The van der Waals surface area contributed by atoms with E-state index in [1.807, 2.05) is 0 Å². The average Bonchev–Trinajstić information content (AvgIpc) is 0.937. The zero-order valence-corrected chi connectivity index (χ0v) is 60.4. The molecule has 1 rings (SSSR count). The van der Waals surface area contributed by atoms with Gasteiger partial charge in [-0.2, -0.15) is 52.7 Å². The Morgan fingerprint density at radius 2 is 0.404 bits per heavy atom. The number of aromatic hydroxyl groups is 3. The molecule has 0 fully saturated rings. The van der Waals surface area contributed by atoms with Crippen molar-refractivity contribution in [2.75, 3.05) is 99.1 Å². The Morgan fingerprint density at radius 1 is 0.309 bits per heavy atom. The van der Waals surface area contributed by atoms with Gasteiger partial charge in [0.25, 0.3) is 0 Å². The van der Waals surface area contributed by atoms with Gasteiger partial charge in [0.15, 0.2) is 57.7 Å². The van der Waals surface area contributed by atoms with Crippen LogP contribution in [0.15, 0.2) is 12.1 Å². The quantitative estimate of drug-likeness (QED) is 0.0204. The Bertz CT molecular complexity index is 2000. The number of carboxylic acid groups (broad SMARTS) is 1. The van der Waals surface area contributed by atoms with Gasteiger partial charge in [-0.1, -0.05) is 104 Å². The van der Waals surface area contributed by atoms with Crippen LogP contribution in [0.5, 0.6) is 17.2 Å². The maximum absolute atomic E-state index is 10.7. The molecule has 38 heteroatoms. The van der Waals surface area contributed by atoms with Crippen LogP contribution in [0.2, 0.25) is 0 Å². The van der Waals surface area contributed by atoms with Crippen molar-refractivity contribution in [1.82, 2.24) is 0 Å². The normalized spacial score (nSPS) is 11.7. The van der Waals surface area contributed by atoms with Crippen molar-refractivity contribution in [3.63, 3.8) is 0 Å². The van der Waals surface area contributed by atoms with Gasteiger partial charge in [-0.25, -0.2) is 33.7 Å². The van der Waals surface area contributed by atoms with Crippen molar-refractivity contribution < 1.29 is 152 Å². The summed E-state index contributed by atoms with van der Waals surface area (Å²) in [5, 5.41) is 36.7. The molecule has 0 aliphatic rings. The number of carboxylic acids is 1. The summed E-state index contributed by atoms with van der Waals surface area (Å²) in [6, 6.07) is 1.56. The van der Waals surface area contributed by atoms with E-state index in [4.69, 9.17) is 67.2 Å². The zero-order chi connectivity index (χ0) is 76.4. The summed E-state index contributed by atoms with van der Waals surface area (Å²) >= 11 is 0. The second-order valence-electron chi connectivity index (χ2n) is 19.4. The number of phenolic OH excluding ortho intramolecular Hbond substituents is 3. The Labute approximate surface area is 552 Å². The van der Waals surface area contributed by atoms with Gasteiger partial charge in [-0.3, -0.25) is 0 Å². The van der Waals surface area contributed by atoms with Gasteiger partial charge in [0.1, 0.15) is 99.1 Å². The number of aromatic carboxylic acids is 1. The SMILES string of the molecule is CCC[O+](CCC)CCC.CCC[O+](CCC)CCC.CCC[O+](CCC)CCC.CCC[O+](CCC)CCC.CCC[O+](CCC)CCC.O=C([O-])c1cc(O)c(O)c(O)c1.O=S(=O)([O-])C(F)(F)F.O=S(=O)([O-])C(F)(F)F.O=S(=O)([O-])C(F)(F)F.O=S(=O)([O-])C(F)(F)F. The molecule has 0 radical (unpaired) electrons. The first kappa shape index (κ1) is 109. The van der Waals surface area contributed by atoms with E-state index in [1.54, 1.807) is 0 Å². The standard InChI is InChI=1S/5C9H21O.C7H6O5.4CHF3O3S/c5*1-4-7-10(8-5-2)9-6-3;8-4-1-3(7(11)12)2-5(9)6(4)10;4*2-1(3,4)8(5,6)7/h5*4-9H2,1-3H3;1-2,8-10H,(H,11,12);4*(H,5,6,7)/q5*+1;;;;;/p-5. The highest BCUT2D eigenvalue weighted by Gasteiger charge is 2.39. The van der Waals surface area contributed by atoms with Crippen molar-refractivity contribution >= 4 is 46.4 Å². The van der Waals surface area contributed by atoms with E-state index >= 15 is 0 Å². The molecule has 0 heterocycles. The third-order valence-electron chi connectivity index (χ3n) is 9.83.